The number of carbonyl (C=O) groups excluding carboxylic acids is 1. The Kier molecular flexibility index (Phi) is 5.89. The first kappa shape index (κ1) is 19.8. The third kappa shape index (κ3) is 4.45. The summed E-state index contributed by atoms with van der Waals surface area (Å²) >= 11 is 1.49. The SMILES string of the molecule is Cc1sc2nc(CCC(=O)NCCc3ccc(C(=O)O)cc3)[nH]c(=O)c2c1C. The lowest BCUT2D eigenvalue weighted by Gasteiger charge is -2.06. The summed E-state index contributed by atoms with van der Waals surface area (Å²) in [7, 11) is 0. The van der Waals surface area contributed by atoms with Crippen LogP contribution < -0.4 is 10.9 Å². The van der Waals surface area contributed by atoms with Crippen molar-refractivity contribution in [1.82, 2.24) is 15.3 Å². The van der Waals surface area contributed by atoms with Crippen molar-refractivity contribution in [3.63, 3.8) is 0 Å². The van der Waals surface area contributed by atoms with Crippen molar-refractivity contribution >= 4 is 33.4 Å². The maximum absolute atomic E-state index is 12.2. The van der Waals surface area contributed by atoms with Crippen LogP contribution in [0.3, 0.4) is 0 Å². The molecule has 0 unspecified atom stereocenters. The number of aryl methyl sites for hydroxylation is 3. The summed E-state index contributed by atoms with van der Waals surface area (Å²) in [5.74, 6) is -0.570. The molecule has 8 heteroatoms. The van der Waals surface area contributed by atoms with Crippen LogP contribution in [0.15, 0.2) is 29.1 Å². The summed E-state index contributed by atoms with van der Waals surface area (Å²) in [6.07, 6.45) is 1.20. The van der Waals surface area contributed by atoms with E-state index in [1.807, 2.05) is 13.8 Å². The van der Waals surface area contributed by atoms with Gasteiger partial charge in [-0.1, -0.05) is 12.1 Å². The van der Waals surface area contributed by atoms with Gasteiger partial charge in [0.05, 0.1) is 10.9 Å². The minimum Gasteiger partial charge on any atom is -0.478 e. The third-order valence-electron chi connectivity index (χ3n) is 4.61. The number of nitrogens with one attached hydrogen (secondary N) is 2. The Morgan fingerprint density at radius 1 is 1.18 bits per heavy atom. The van der Waals surface area contributed by atoms with Crippen molar-refractivity contribution in [1.29, 1.82) is 0 Å². The molecular formula is C20H21N3O4S. The summed E-state index contributed by atoms with van der Waals surface area (Å²) in [4.78, 5) is 44.1. The van der Waals surface area contributed by atoms with Gasteiger partial charge in [-0.3, -0.25) is 9.59 Å². The molecule has 0 atom stereocenters. The van der Waals surface area contributed by atoms with Gasteiger partial charge in [0.2, 0.25) is 5.91 Å². The number of aromatic nitrogens is 2. The highest BCUT2D eigenvalue weighted by atomic mass is 32.1. The zero-order valence-corrected chi connectivity index (χ0v) is 16.5. The molecular weight excluding hydrogens is 378 g/mol. The molecule has 3 rings (SSSR count). The smallest absolute Gasteiger partial charge is 0.335 e. The van der Waals surface area contributed by atoms with Gasteiger partial charge < -0.3 is 15.4 Å². The molecule has 1 aromatic carbocycles. The Hall–Kier alpha value is -3.00. The van der Waals surface area contributed by atoms with Gasteiger partial charge >= 0.3 is 5.97 Å². The van der Waals surface area contributed by atoms with E-state index in [1.54, 1.807) is 24.3 Å². The van der Waals surface area contributed by atoms with Gasteiger partial charge in [0.15, 0.2) is 0 Å². The summed E-state index contributed by atoms with van der Waals surface area (Å²) in [6.45, 7) is 4.33. The maximum atomic E-state index is 12.2. The van der Waals surface area contributed by atoms with Crippen LogP contribution in [0, 0.1) is 13.8 Å². The van der Waals surface area contributed by atoms with E-state index in [0.29, 0.717) is 35.4 Å². The average Bonchev–Trinajstić information content (AvgIpc) is 2.94. The topological polar surface area (TPSA) is 112 Å². The van der Waals surface area contributed by atoms with Gasteiger partial charge in [-0.05, 0) is 43.5 Å². The minimum atomic E-state index is -0.961. The number of aromatic carboxylic acids is 1. The van der Waals surface area contributed by atoms with Crippen molar-refractivity contribution in [2.75, 3.05) is 6.54 Å². The summed E-state index contributed by atoms with van der Waals surface area (Å²) in [6, 6.07) is 6.58. The van der Waals surface area contributed by atoms with E-state index in [1.165, 1.54) is 11.3 Å². The highest BCUT2D eigenvalue weighted by Crippen LogP contribution is 2.25. The number of amides is 1. The van der Waals surface area contributed by atoms with Gasteiger partial charge in [-0.2, -0.15) is 0 Å². The number of hydrogen-bond acceptors (Lipinski definition) is 5. The van der Waals surface area contributed by atoms with Crippen molar-refractivity contribution in [2.24, 2.45) is 0 Å². The number of H-pyrrole nitrogens is 1. The monoisotopic (exact) mass is 399 g/mol. The minimum absolute atomic E-state index is 0.122. The highest BCUT2D eigenvalue weighted by molar-refractivity contribution is 7.18. The van der Waals surface area contributed by atoms with Gasteiger partial charge in [0.25, 0.3) is 5.56 Å². The summed E-state index contributed by atoms with van der Waals surface area (Å²) < 4.78 is 0. The predicted molar refractivity (Wildman–Crippen MR) is 108 cm³/mol. The van der Waals surface area contributed by atoms with Gasteiger partial charge in [0.1, 0.15) is 10.7 Å². The number of carboxylic acids is 1. The molecule has 0 aliphatic heterocycles. The van der Waals surface area contributed by atoms with Gasteiger partial charge in [0, 0.05) is 24.3 Å². The van der Waals surface area contributed by atoms with Crippen molar-refractivity contribution in [2.45, 2.75) is 33.1 Å². The number of carbonyl (C=O) groups is 2. The number of thiophene rings is 1. The number of benzene rings is 1. The van der Waals surface area contributed by atoms with Crippen LogP contribution in [0.1, 0.15) is 38.6 Å². The fourth-order valence-electron chi connectivity index (χ4n) is 2.90. The molecule has 0 aliphatic rings. The number of hydrogen-bond donors (Lipinski definition) is 3. The molecule has 0 aliphatic carbocycles. The molecule has 3 aromatic rings. The van der Waals surface area contributed by atoms with Gasteiger partial charge in [-0.15, -0.1) is 11.3 Å². The Labute approximate surface area is 165 Å². The Morgan fingerprint density at radius 2 is 1.89 bits per heavy atom. The van der Waals surface area contributed by atoms with Crippen molar-refractivity contribution < 1.29 is 14.7 Å². The maximum Gasteiger partial charge on any atom is 0.335 e. The van der Waals surface area contributed by atoms with Crippen LogP contribution in [0.25, 0.3) is 10.2 Å². The number of rotatable bonds is 7. The van der Waals surface area contributed by atoms with E-state index in [-0.39, 0.29) is 23.5 Å². The highest BCUT2D eigenvalue weighted by Gasteiger charge is 2.12. The normalized spacial score (nSPS) is 10.9. The van der Waals surface area contributed by atoms with Crippen LogP contribution in [0.2, 0.25) is 0 Å². The number of nitrogens with zero attached hydrogens (tertiary/aromatic N) is 1. The average molecular weight is 399 g/mol. The fraction of sp³-hybridized carbons (Fsp3) is 0.300. The molecule has 3 N–H and O–H groups in total. The molecule has 2 aromatic heterocycles. The predicted octanol–water partition coefficient (Wildman–Crippen LogP) is 2.59. The zero-order valence-electron chi connectivity index (χ0n) is 15.7. The second-order valence-electron chi connectivity index (χ2n) is 6.58. The molecule has 1 amide bonds. The van der Waals surface area contributed by atoms with Crippen molar-refractivity contribution in [3.8, 4) is 0 Å². The molecule has 0 spiro atoms. The quantitative estimate of drug-likeness (QED) is 0.565. The summed E-state index contributed by atoms with van der Waals surface area (Å²) in [5, 5.41) is 12.3. The summed E-state index contributed by atoms with van der Waals surface area (Å²) in [5.41, 5.74) is 1.98. The van der Waals surface area contributed by atoms with E-state index < -0.39 is 5.97 Å². The van der Waals surface area contributed by atoms with Crippen molar-refractivity contribution in [3.05, 3.63) is 62.0 Å². The standard InChI is InChI=1S/C20H21N3O4S/c1-11-12(2)28-19-17(11)18(25)22-15(23-19)7-8-16(24)21-10-9-13-3-5-14(6-4-13)20(26)27/h3-6H,7-10H2,1-2H3,(H,21,24)(H,26,27)(H,22,23,25). The third-order valence-corrected chi connectivity index (χ3v) is 5.71. The molecule has 28 heavy (non-hydrogen) atoms. The number of carboxylic acid groups (broad SMARTS) is 1. The number of aromatic amines is 1. The lowest BCUT2D eigenvalue weighted by molar-refractivity contribution is -0.121. The molecule has 0 saturated carbocycles. The van der Waals surface area contributed by atoms with E-state index >= 15 is 0 Å². The van der Waals surface area contributed by atoms with E-state index in [0.717, 1.165) is 16.0 Å². The first-order valence-electron chi connectivity index (χ1n) is 8.93. The van der Waals surface area contributed by atoms with Crippen LogP contribution >= 0.6 is 11.3 Å². The zero-order chi connectivity index (χ0) is 20.3. The second kappa shape index (κ2) is 8.35. The Bertz CT molecular complexity index is 1080. The van der Waals surface area contributed by atoms with Crippen LogP contribution in [0.5, 0.6) is 0 Å². The molecule has 146 valence electrons. The molecule has 0 saturated heterocycles. The van der Waals surface area contributed by atoms with Crippen LogP contribution in [0.4, 0.5) is 0 Å². The van der Waals surface area contributed by atoms with E-state index in [2.05, 4.69) is 15.3 Å². The number of fused-ring (bicyclic) bond motifs is 1. The molecule has 0 bridgehead atoms. The lowest BCUT2D eigenvalue weighted by Crippen LogP contribution is -2.26. The van der Waals surface area contributed by atoms with Crippen LogP contribution in [-0.2, 0) is 17.6 Å². The Morgan fingerprint density at radius 3 is 2.57 bits per heavy atom. The molecule has 2 heterocycles. The first-order valence-corrected chi connectivity index (χ1v) is 9.74. The molecule has 0 radical (unpaired) electrons. The lowest BCUT2D eigenvalue weighted by atomic mass is 10.1. The molecule has 0 fully saturated rings. The fourth-order valence-corrected chi connectivity index (χ4v) is 3.95. The first-order chi connectivity index (χ1) is 13.3. The Balaban J connectivity index is 1.51. The van der Waals surface area contributed by atoms with Gasteiger partial charge in [-0.25, -0.2) is 9.78 Å². The largest absolute Gasteiger partial charge is 0.478 e. The second-order valence-corrected chi connectivity index (χ2v) is 7.78. The van der Waals surface area contributed by atoms with E-state index in [4.69, 9.17) is 5.11 Å². The van der Waals surface area contributed by atoms with Crippen LogP contribution in [-0.4, -0.2) is 33.5 Å². The van der Waals surface area contributed by atoms with E-state index in [9.17, 15) is 14.4 Å². The molecule has 7 nitrogen and oxygen atoms in total.